The van der Waals surface area contributed by atoms with Crippen LogP contribution in [0.5, 0.6) is 0 Å². The monoisotopic (exact) mass is 271 g/mol. The van der Waals surface area contributed by atoms with E-state index >= 15 is 0 Å². The molecule has 0 aromatic carbocycles. The van der Waals surface area contributed by atoms with E-state index < -0.39 is 0 Å². The highest BCUT2D eigenvalue weighted by atomic mass is 16.5. The van der Waals surface area contributed by atoms with E-state index in [-0.39, 0.29) is 17.9 Å². The lowest BCUT2D eigenvalue weighted by molar-refractivity contribution is -0.150. The minimum absolute atomic E-state index is 0.128. The van der Waals surface area contributed by atoms with Gasteiger partial charge < -0.3 is 15.0 Å². The maximum absolute atomic E-state index is 11.8. The molecule has 0 aromatic rings. The summed E-state index contributed by atoms with van der Waals surface area (Å²) in [5.41, 5.74) is 0. The van der Waals surface area contributed by atoms with E-state index in [0.717, 1.165) is 26.1 Å². The molecule has 1 amide bonds. The third-order valence-electron chi connectivity index (χ3n) is 3.25. The van der Waals surface area contributed by atoms with E-state index in [9.17, 15) is 9.59 Å². The highest BCUT2D eigenvalue weighted by Gasteiger charge is 2.29. The lowest BCUT2D eigenvalue weighted by Crippen LogP contribution is -2.55. The van der Waals surface area contributed by atoms with Gasteiger partial charge in [0.15, 0.2) is 0 Å². The molecule has 1 atom stereocenters. The van der Waals surface area contributed by atoms with E-state index in [1.807, 2.05) is 6.92 Å². The molecule has 19 heavy (non-hydrogen) atoms. The quantitative estimate of drug-likeness (QED) is 0.672. The number of nitrogens with zero attached hydrogens (tertiary/aromatic N) is 2. The third kappa shape index (κ3) is 5.16. The number of amides is 1. The molecule has 1 unspecified atom stereocenters. The molecule has 0 spiro atoms. The number of esters is 1. The highest BCUT2D eigenvalue weighted by molar-refractivity contribution is 5.76. The summed E-state index contributed by atoms with van der Waals surface area (Å²) in [6.07, 6.45) is 1.29. The van der Waals surface area contributed by atoms with Crippen molar-refractivity contribution in [1.82, 2.24) is 15.1 Å². The fourth-order valence-electron chi connectivity index (χ4n) is 2.14. The minimum atomic E-state index is -0.219. The Balaban J connectivity index is 2.40. The van der Waals surface area contributed by atoms with Crippen molar-refractivity contribution < 1.29 is 14.3 Å². The van der Waals surface area contributed by atoms with Gasteiger partial charge in [0.2, 0.25) is 5.91 Å². The van der Waals surface area contributed by atoms with Gasteiger partial charge in [-0.2, -0.15) is 0 Å². The Morgan fingerprint density at radius 2 is 2.16 bits per heavy atom. The molecule has 0 saturated carbocycles. The zero-order valence-corrected chi connectivity index (χ0v) is 12.1. The molecule has 6 nitrogen and oxygen atoms in total. The summed E-state index contributed by atoms with van der Waals surface area (Å²) in [6.45, 7) is 5.29. The largest absolute Gasteiger partial charge is 0.465 e. The van der Waals surface area contributed by atoms with Gasteiger partial charge in [0, 0.05) is 40.2 Å². The third-order valence-corrected chi connectivity index (χ3v) is 3.25. The Labute approximate surface area is 115 Å². The van der Waals surface area contributed by atoms with Gasteiger partial charge in [0.25, 0.3) is 0 Å². The van der Waals surface area contributed by atoms with Gasteiger partial charge in [-0.1, -0.05) is 0 Å². The van der Waals surface area contributed by atoms with Crippen LogP contribution in [0.1, 0.15) is 19.8 Å². The second kappa shape index (κ2) is 8.12. The van der Waals surface area contributed by atoms with E-state index in [4.69, 9.17) is 4.74 Å². The smallest absolute Gasteiger partial charge is 0.324 e. The molecular formula is C13H25N3O3. The molecule has 0 radical (unpaired) electrons. The molecule has 110 valence electrons. The molecular weight excluding hydrogens is 246 g/mol. The van der Waals surface area contributed by atoms with Crippen LogP contribution in [0.25, 0.3) is 0 Å². The van der Waals surface area contributed by atoms with Gasteiger partial charge in [-0.3, -0.25) is 14.5 Å². The van der Waals surface area contributed by atoms with Gasteiger partial charge in [-0.05, 0) is 19.9 Å². The summed E-state index contributed by atoms with van der Waals surface area (Å²) >= 11 is 0. The second-order valence-corrected chi connectivity index (χ2v) is 4.90. The summed E-state index contributed by atoms with van der Waals surface area (Å²) < 4.78 is 5.08. The van der Waals surface area contributed by atoms with E-state index in [2.05, 4.69) is 10.2 Å². The van der Waals surface area contributed by atoms with Crippen LogP contribution in [0.2, 0.25) is 0 Å². The van der Waals surface area contributed by atoms with Crippen LogP contribution < -0.4 is 5.32 Å². The fraction of sp³-hybridized carbons (Fsp3) is 0.846. The van der Waals surface area contributed by atoms with Crippen LogP contribution >= 0.6 is 0 Å². The fourth-order valence-corrected chi connectivity index (χ4v) is 2.14. The maximum atomic E-state index is 11.8. The van der Waals surface area contributed by atoms with Crippen molar-refractivity contribution in [2.75, 3.05) is 46.9 Å². The van der Waals surface area contributed by atoms with Crippen LogP contribution in [0.15, 0.2) is 0 Å². The number of nitrogens with one attached hydrogen (secondary N) is 1. The molecule has 1 aliphatic rings. The first-order valence-corrected chi connectivity index (χ1v) is 6.87. The van der Waals surface area contributed by atoms with Crippen LogP contribution in [-0.4, -0.2) is 74.6 Å². The summed E-state index contributed by atoms with van der Waals surface area (Å²) in [6, 6.07) is -0.219. The summed E-state index contributed by atoms with van der Waals surface area (Å²) in [5, 5.41) is 3.20. The van der Waals surface area contributed by atoms with Crippen LogP contribution in [0, 0.1) is 0 Å². The zero-order chi connectivity index (χ0) is 14.3. The molecule has 1 saturated heterocycles. The van der Waals surface area contributed by atoms with Crippen LogP contribution in [0.3, 0.4) is 0 Å². The number of ether oxygens (including phenoxy) is 1. The Hall–Kier alpha value is -1.14. The molecule has 6 heteroatoms. The van der Waals surface area contributed by atoms with E-state index in [0.29, 0.717) is 19.6 Å². The Morgan fingerprint density at radius 1 is 1.42 bits per heavy atom. The Kier molecular flexibility index (Phi) is 6.80. The summed E-state index contributed by atoms with van der Waals surface area (Å²) in [4.78, 5) is 27.0. The first kappa shape index (κ1) is 15.9. The first-order valence-electron chi connectivity index (χ1n) is 6.87. The van der Waals surface area contributed by atoms with Crippen LogP contribution in [-0.2, 0) is 14.3 Å². The average molecular weight is 271 g/mol. The normalized spacial score (nSPS) is 20.1. The maximum Gasteiger partial charge on any atom is 0.324 e. The Bertz CT molecular complexity index is 308. The lowest BCUT2D eigenvalue weighted by Gasteiger charge is -2.34. The molecule has 1 rings (SSSR count). The van der Waals surface area contributed by atoms with E-state index in [1.54, 1.807) is 19.0 Å². The molecule has 0 bridgehead atoms. The van der Waals surface area contributed by atoms with Crippen molar-refractivity contribution in [3.05, 3.63) is 0 Å². The predicted molar refractivity (Wildman–Crippen MR) is 72.8 cm³/mol. The number of carbonyl (C=O) groups is 2. The van der Waals surface area contributed by atoms with Gasteiger partial charge in [-0.25, -0.2) is 0 Å². The van der Waals surface area contributed by atoms with Crippen molar-refractivity contribution in [3.8, 4) is 0 Å². The average Bonchev–Trinajstić information content (AvgIpc) is 2.39. The Morgan fingerprint density at radius 3 is 2.79 bits per heavy atom. The number of hydrogen-bond acceptors (Lipinski definition) is 5. The molecule has 1 aliphatic heterocycles. The number of hydrogen-bond donors (Lipinski definition) is 1. The van der Waals surface area contributed by atoms with Gasteiger partial charge in [0.1, 0.15) is 6.04 Å². The van der Waals surface area contributed by atoms with Crippen molar-refractivity contribution in [2.45, 2.75) is 25.8 Å². The van der Waals surface area contributed by atoms with Gasteiger partial charge in [0.05, 0.1) is 6.61 Å². The molecule has 0 aliphatic carbocycles. The van der Waals surface area contributed by atoms with Crippen molar-refractivity contribution in [1.29, 1.82) is 0 Å². The number of rotatable bonds is 6. The van der Waals surface area contributed by atoms with E-state index in [1.165, 1.54) is 0 Å². The number of piperazine rings is 1. The summed E-state index contributed by atoms with van der Waals surface area (Å²) in [7, 11) is 3.52. The SMILES string of the molecule is CCOC(=O)C1CNCCN1CCCC(=O)N(C)C. The van der Waals surface area contributed by atoms with Crippen LogP contribution in [0.4, 0.5) is 0 Å². The first-order chi connectivity index (χ1) is 9.06. The van der Waals surface area contributed by atoms with Crippen molar-refractivity contribution in [2.24, 2.45) is 0 Å². The molecule has 0 aromatic heterocycles. The highest BCUT2D eigenvalue weighted by Crippen LogP contribution is 2.08. The van der Waals surface area contributed by atoms with Crippen molar-refractivity contribution in [3.63, 3.8) is 0 Å². The lowest BCUT2D eigenvalue weighted by atomic mass is 10.1. The zero-order valence-electron chi connectivity index (χ0n) is 12.1. The second-order valence-electron chi connectivity index (χ2n) is 4.90. The minimum Gasteiger partial charge on any atom is -0.465 e. The standard InChI is InChI=1S/C13H25N3O3/c1-4-19-13(18)11-10-14-7-9-16(11)8-5-6-12(17)15(2)3/h11,14H,4-10H2,1-3H3. The van der Waals surface area contributed by atoms with Crippen molar-refractivity contribution >= 4 is 11.9 Å². The van der Waals surface area contributed by atoms with Gasteiger partial charge in [-0.15, -0.1) is 0 Å². The van der Waals surface area contributed by atoms with Gasteiger partial charge >= 0.3 is 5.97 Å². The topological polar surface area (TPSA) is 61.9 Å². The molecule has 1 heterocycles. The predicted octanol–water partition coefficient (Wildman–Crippen LogP) is -0.308. The number of carbonyl (C=O) groups excluding carboxylic acids is 2. The summed E-state index contributed by atoms with van der Waals surface area (Å²) in [5.74, 6) is -0.0449. The molecule has 1 fully saturated rings. The molecule has 1 N–H and O–H groups in total.